The summed E-state index contributed by atoms with van der Waals surface area (Å²) in [6, 6.07) is 9.65. The van der Waals surface area contributed by atoms with Crippen molar-refractivity contribution in [3.63, 3.8) is 0 Å². The third-order valence-corrected chi connectivity index (χ3v) is 3.23. The predicted molar refractivity (Wildman–Crippen MR) is 77.4 cm³/mol. The molecule has 0 radical (unpaired) electrons. The molecular weight excluding hydrogens is 260 g/mol. The maximum atomic E-state index is 12.1. The summed E-state index contributed by atoms with van der Waals surface area (Å²) in [5.41, 5.74) is 2.30. The van der Waals surface area contributed by atoms with Gasteiger partial charge in [-0.25, -0.2) is 4.79 Å². The number of benzene rings is 1. The number of carbonyl (C=O) groups is 1. The molecule has 0 aliphatic carbocycles. The Bertz CT molecular complexity index is 526. The second kappa shape index (κ2) is 5.84. The first-order valence-electron chi connectivity index (χ1n) is 6.08. The van der Waals surface area contributed by atoms with Crippen LogP contribution < -0.4 is 10.6 Å². The first kappa shape index (κ1) is 13.5. The molecule has 0 spiro atoms. The summed E-state index contributed by atoms with van der Waals surface area (Å²) in [7, 11) is 0. The van der Waals surface area contributed by atoms with E-state index in [4.69, 9.17) is 17.0 Å². The van der Waals surface area contributed by atoms with E-state index in [0.29, 0.717) is 17.2 Å². The minimum Gasteiger partial charge on any atom is -0.454 e. The zero-order valence-corrected chi connectivity index (χ0v) is 11.7. The molecule has 1 unspecified atom stereocenters. The molecular formula is C14H16N2O2S. The van der Waals surface area contributed by atoms with Gasteiger partial charge >= 0.3 is 5.97 Å². The number of rotatable bonds is 3. The van der Waals surface area contributed by atoms with Gasteiger partial charge in [-0.2, -0.15) is 0 Å². The maximum Gasteiger partial charge on any atom is 0.338 e. The van der Waals surface area contributed by atoms with E-state index >= 15 is 0 Å². The van der Waals surface area contributed by atoms with Crippen molar-refractivity contribution in [3.05, 3.63) is 47.2 Å². The summed E-state index contributed by atoms with van der Waals surface area (Å²) in [4.78, 5) is 12.1. The largest absolute Gasteiger partial charge is 0.454 e. The van der Waals surface area contributed by atoms with Gasteiger partial charge in [0.2, 0.25) is 0 Å². The topological polar surface area (TPSA) is 50.4 Å². The minimum atomic E-state index is -0.323. The van der Waals surface area contributed by atoms with Gasteiger partial charge in [0.25, 0.3) is 0 Å². The highest BCUT2D eigenvalue weighted by molar-refractivity contribution is 7.80. The van der Waals surface area contributed by atoms with Crippen LogP contribution in [0.2, 0.25) is 0 Å². The zero-order valence-electron chi connectivity index (χ0n) is 10.9. The fourth-order valence-electron chi connectivity index (χ4n) is 1.84. The Morgan fingerprint density at radius 2 is 2.05 bits per heavy atom. The molecule has 1 aromatic rings. The number of carbonyl (C=O) groups excluding carboxylic acids is 1. The van der Waals surface area contributed by atoms with Crippen molar-refractivity contribution < 1.29 is 9.53 Å². The average Bonchev–Trinajstić information content (AvgIpc) is 2.39. The van der Waals surface area contributed by atoms with Crippen molar-refractivity contribution in [2.24, 2.45) is 0 Å². The summed E-state index contributed by atoms with van der Waals surface area (Å²) < 4.78 is 5.46. The minimum absolute atomic E-state index is 0.275. The Labute approximate surface area is 117 Å². The van der Waals surface area contributed by atoms with E-state index < -0.39 is 0 Å². The molecule has 100 valence electrons. The Morgan fingerprint density at radius 1 is 1.37 bits per heavy atom. The molecule has 1 heterocycles. The van der Waals surface area contributed by atoms with E-state index in [2.05, 4.69) is 10.6 Å². The smallest absolute Gasteiger partial charge is 0.338 e. The quantitative estimate of drug-likeness (QED) is 0.653. The fraction of sp³-hybridized carbons (Fsp3) is 0.286. The molecule has 5 heteroatoms. The van der Waals surface area contributed by atoms with Crippen LogP contribution in [-0.2, 0) is 9.53 Å². The van der Waals surface area contributed by atoms with Crippen molar-refractivity contribution in [3.8, 4) is 0 Å². The first-order chi connectivity index (χ1) is 9.08. The Hall–Kier alpha value is -1.88. The lowest BCUT2D eigenvalue weighted by atomic mass is 10.1. The summed E-state index contributed by atoms with van der Waals surface area (Å²) in [6.45, 7) is 4.08. The van der Waals surface area contributed by atoms with E-state index in [0.717, 1.165) is 11.3 Å². The van der Waals surface area contributed by atoms with Gasteiger partial charge in [-0.3, -0.25) is 0 Å². The summed E-state index contributed by atoms with van der Waals surface area (Å²) in [5.74, 6) is -0.323. The van der Waals surface area contributed by atoms with Gasteiger partial charge in [0, 0.05) is 5.70 Å². The van der Waals surface area contributed by atoms with Crippen molar-refractivity contribution in [1.82, 2.24) is 10.6 Å². The van der Waals surface area contributed by atoms with Gasteiger partial charge in [0.05, 0.1) is 12.1 Å². The lowest BCUT2D eigenvalue weighted by Gasteiger charge is -2.22. The van der Waals surface area contributed by atoms with Crippen LogP contribution in [0.15, 0.2) is 41.6 Å². The van der Waals surface area contributed by atoms with E-state index in [1.807, 2.05) is 44.2 Å². The van der Waals surface area contributed by atoms with Crippen molar-refractivity contribution in [1.29, 1.82) is 0 Å². The van der Waals surface area contributed by atoms with Crippen LogP contribution in [0.3, 0.4) is 0 Å². The van der Waals surface area contributed by atoms with E-state index in [1.54, 1.807) is 0 Å². The third-order valence-electron chi connectivity index (χ3n) is 2.98. The normalized spacial score (nSPS) is 16.4. The van der Waals surface area contributed by atoms with Crippen LogP contribution in [0.4, 0.5) is 0 Å². The number of nitrogens with one attached hydrogen (secondary N) is 2. The predicted octanol–water partition coefficient (Wildman–Crippen LogP) is 2.04. The SMILES string of the molecule is CC1=C(C(=O)OC(C)c2ccccc2)CNC(=S)N1. The second-order valence-corrected chi connectivity index (χ2v) is 4.78. The second-order valence-electron chi connectivity index (χ2n) is 4.37. The average molecular weight is 276 g/mol. The summed E-state index contributed by atoms with van der Waals surface area (Å²) >= 11 is 4.98. The highest BCUT2D eigenvalue weighted by atomic mass is 32.1. The van der Waals surface area contributed by atoms with Crippen LogP contribution in [-0.4, -0.2) is 17.6 Å². The Kier molecular flexibility index (Phi) is 4.16. The molecule has 4 nitrogen and oxygen atoms in total. The van der Waals surface area contributed by atoms with Gasteiger partial charge in [0.1, 0.15) is 6.10 Å². The molecule has 0 aromatic heterocycles. The van der Waals surface area contributed by atoms with Crippen LogP contribution in [0, 0.1) is 0 Å². The van der Waals surface area contributed by atoms with E-state index in [1.165, 1.54) is 0 Å². The van der Waals surface area contributed by atoms with Gasteiger partial charge in [-0.15, -0.1) is 0 Å². The van der Waals surface area contributed by atoms with Crippen LogP contribution in [0.1, 0.15) is 25.5 Å². The molecule has 1 aliphatic rings. The third kappa shape index (κ3) is 3.32. The highest BCUT2D eigenvalue weighted by Crippen LogP contribution is 2.18. The van der Waals surface area contributed by atoms with Crippen LogP contribution >= 0.6 is 12.2 Å². The number of hydrogen-bond acceptors (Lipinski definition) is 3. The van der Waals surface area contributed by atoms with Crippen molar-refractivity contribution in [2.45, 2.75) is 20.0 Å². The van der Waals surface area contributed by atoms with Crippen LogP contribution in [0.5, 0.6) is 0 Å². The summed E-state index contributed by atoms with van der Waals surface area (Å²) in [5, 5.41) is 6.37. The Balaban J connectivity index is 2.06. The van der Waals surface area contributed by atoms with Gasteiger partial charge in [0.15, 0.2) is 5.11 Å². The molecule has 1 aromatic carbocycles. The van der Waals surface area contributed by atoms with Crippen LogP contribution in [0.25, 0.3) is 0 Å². The Morgan fingerprint density at radius 3 is 2.68 bits per heavy atom. The molecule has 2 N–H and O–H groups in total. The number of allylic oxidation sites excluding steroid dienone is 1. The van der Waals surface area contributed by atoms with E-state index in [9.17, 15) is 4.79 Å². The van der Waals surface area contributed by atoms with E-state index in [-0.39, 0.29) is 12.1 Å². The first-order valence-corrected chi connectivity index (χ1v) is 6.49. The van der Waals surface area contributed by atoms with Gasteiger partial charge in [-0.1, -0.05) is 30.3 Å². The number of hydrogen-bond donors (Lipinski definition) is 2. The fourth-order valence-corrected chi connectivity index (χ4v) is 2.07. The van der Waals surface area contributed by atoms with Gasteiger partial charge < -0.3 is 15.4 Å². The molecule has 1 aliphatic heterocycles. The molecule has 2 rings (SSSR count). The molecule has 19 heavy (non-hydrogen) atoms. The molecule has 0 saturated heterocycles. The monoisotopic (exact) mass is 276 g/mol. The number of ether oxygens (including phenoxy) is 1. The van der Waals surface area contributed by atoms with Crippen molar-refractivity contribution >= 4 is 23.3 Å². The zero-order chi connectivity index (χ0) is 13.8. The lowest BCUT2D eigenvalue weighted by molar-refractivity contribution is -0.144. The standard InChI is InChI=1S/C14H16N2O2S/c1-9-12(8-15-14(19)16-9)13(17)18-10(2)11-6-4-3-5-7-11/h3-7,10H,8H2,1-2H3,(H2,15,16,19). The maximum absolute atomic E-state index is 12.1. The molecule has 0 bridgehead atoms. The van der Waals surface area contributed by atoms with Crippen molar-refractivity contribution in [2.75, 3.05) is 6.54 Å². The van der Waals surface area contributed by atoms with Gasteiger partial charge in [-0.05, 0) is 31.6 Å². The molecule has 0 saturated carbocycles. The number of esters is 1. The molecule has 0 amide bonds. The molecule has 1 atom stereocenters. The summed E-state index contributed by atoms with van der Waals surface area (Å²) in [6.07, 6.45) is -0.275. The lowest BCUT2D eigenvalue weighted by Crippen LogP contribution is -2.43. The molecule has 0 fully saturated rings. The highest BCUT2D eigenvalue weighted by Gasteiger charge is 2.21. The number of thiocarbonyl (C=S) groups is 1.